The van der Waals surface area contributed by atoms with Gasteiger partial charge in [0.15, 0.2) is 5.69 Å². The van der Waals surface area contributed by atoms with Gasteiger partial charge in [-0.1, -0.05) is 31.0 Å². The Balaban J connectivity index is 1.76. The van der Waals surface area contributed by atoms with Crippen LogP contribution in [0.5, 0.6) is 0 Å². The van der Waals surface area contributed by atoms with Crippen molar-refractivity contribution >= 4 is 22.8 Å². The molecule has 0 atom stereocenters. The van der Waals surface area contributed by atoms with Crippen LogP contribution in [0.25, 0.3) is 10.9 Å². The molecule has 0 spiro atoms. The number of aromatic nitrogens is 2. The van der Waals surface area contributed by atoms with Gasteiger partial charge in [-0.3, -0.25) is 14.7 Å². The Hall–Kier alpha value is -2.37. The van der Waals surface area contributed by atoms with Crippen LogP contribution in [0, 0.1) is 5.41 Å². The van der Waals surface area contributed by atoms with E-state index in [1.54, 1.807) is 0 Å². The summed E-state index contributed by atoms with van der Waals surface area (Å²) in [6, 6.07) is 7.36. The molecular weight excluding hydrogens is 270 g/mol. The van der Waals surface area contributed by atoms with E-state index in [0.717, 1.165) is 23.7 Å². The van der Waals surface area contributed by atoms with Crippen molar-refractivity contribution in [3.8, 4) is 0 Å². The fourth-order valence-corrected chi connectivity index (χ4v) is 2.99. The summed E-state index contributed by atoms with van der Waals surface area (Å²) in [6.45, 7) is 0.155. The lowest BCUT2D eigenvalue weighted by molar-refractivity contribution is -0.148. The predicted molar refractivity (Wildman–Crippen MR) is 77.0 cm³/mol. The van der Waals surface area contributed by atoms with Crippen molar-refractivity contribution in [3.05, 3.63) is 30.0 Å². The number of rotatable bonds is 4. The fourth-order valence-electron chi connectivity index (χ4n) is 2.99. The van der Waals surface area contributed by atoms with Crippen molar-refractivity contribution in [2.45, 2.75) is 25.7 Å². The molecule has 1 aliphatic rings. The molecule has 1 aromatic heterocycles. The first kappa shape index (κ1) is 13.6. The highest BCUT2D eigenvalue weighted by Gasteiger charge is 2.41. The Bertz CT molecular complexity index is 686. The summed E-state index contributed by atoms with van der Waals surface area (Å²) in [5, 5.41) is 19.7. The lowest BCUT2D eigenvalue weighted by Gasteiger charge is -2.23. The molecule has 0 bridgehead atoms. The van der Waals surface area contributed by atoms with E-state index in [4.69, 9.17) is 0 Å². The van der Waals surface area contributed by atoms with Gasteiger partial charge in [-0.05, 0) is 18.9 Å². The first-order valence-corrected chi connectivity index (χ1v) is 7.07. The Morgan fingerprint density at radius 3 is 2.71 bits per heavy atom. The van der Waals surface area contributed by atoms with Crippen LogP contribution in [-0.4, -0.2) is 33.7 Å². The fraction of sp³-hybridized carbons (Fsp3) is 0.400. The zero-order chi connectivity index (χ0) is 14.9. The van der Waals surface area contributed by atoms with Crippen molar-refractivity contribution in [1.82, 2.24) is 15.5 Å². The van der Waals surface area contributed by atoms with Crippen LogP contribution in [0.4, 0.5) is 0 Å². The molecule has 2 aromatic rings. The Kier molecular flexibility index (Phi) is 3.37. The zero-order valence-electron chi connectivity index (χ0n) is 11.6. The first-order chi connectivity index (χ1) is 10.1. The van der Waals surface area contributed by atoms with Gasteiger partial charge in [0.2, 0.25) is 0 Å². The largest absolute Gasteiger partial charge is 0.481 e. The molecule has 1 fully saturated rings. The summed E-state index contributed by atoms with van der Waals surface area (Å²) in [5.41, 5.74) is 0.280. The molecule has 1 amide bonds. The number of carbonyl (C=O) groups is 2. The number of nitrogens with zero attached hydrogens (tertiary/aromatic N) is 1. The van der Waals surface area contributed by atoms with E-state index in [-0.39, 0.29) is 12.5 Å². The van der Waals surface area contributed by atoms with Crippen molar-refractivity contribution < 1.29 is 14.7 Å². The molecule has 1 heterocycles. The van der Waals surface area contributed by atoms with Crippen LogP contribution in [0.2, 0.25) is 0 Å². The SMILES string of the molecule is O=C(NCC1(C(=O)O)CCCC1)c1n[nH]c2ccccc12. The number of carbonyl (C=O) groups excluding carboxylic acids is 1. The maximum absolute atomic E-state index is 12.3. The normalized spacial score (nSPS) is 17.0. The van der Waals surface area contributed by atoms with Crippen LogP contribution in [0.3, 0.4) is 0 Å². The number of nitrogens with one attached hydrogen (secondary N) is 2. The summed E-state index contributed by atoms with van der Waals surface area (Å²) in [5.74, 6) is -1.16. The van der Waals surface area contributed by atoms with Gasteiger partial charge in [0, 0.05) is 11.9 Å². The van der Waals surface area contributed by atoms with Crippen LogP contribution >= 0.6 is 0 Å². The van der Waals surface area contributed by atoms with Crippen LogP contribution in [0.1, 0.15) is 36.2 Å². The zero-order valence-corrected chi connectivity index (χ0v) is 11.6. The second-order valence-electron chi connectivity index (χ2n) is 5.59. The van der Waals surface area contributed by atoms with Crippen molar-refractivity contribution in [1.29, 1.82) is 0 Å². The van der Waals surface area contributed by atoms with Gasteiger partial charge in [-0.15, -0.1) is 0 Å². The van der Waals surface area contributed by atoms with E-state index in [1.165, 1.54) is 0 Å². The van der Waals surface area contributed by atoms with Crippen LogP contribution < -0.4 is 5.32 Å². The maximum atomic E-state index is 12.3. The van der Waals surface area contributed by atoms with Gasteiger partial charge in [-0.25, -0.2) is 0 Å². The van der Waals surface area contributed by atoms with Crippen LogP contribution in [-0.2, 0) is 4.79 Å². The maximum Gasteiger partial charge on any atom is 0.311 e. The Morgan fingerprint density at radius 1 is 1.29 bits per heavy atom. The van der Waals surface area contributed by atoms with Crippen molar-refractivity contribution in [2.75, 3.05) is 6.54 Å². The number of carboxylic acid groups (broad SMARTS) is 1. The highest BCUT2D eigenvalue weighted by atomic mass is 16.4. The molecule has 21 heavy (non-hydrogen) atoms. The average molecular weight is 287 g/mol. The van der Waals surface area contributed by atoms with Gasteiger partial charge in [-0.2, -0.15) is 5.10 Å². The molecule has 110 valence electrons. The highest BCUT2D eigenvalue weighted by Crippen LogP contribution is 2.37. The first-order valence-electron chi connectivity index (χ1n) is 7.07. The number of carboxylic acids is 1. The minimum atomic E-state index is -0.827. The molecule has 3 N–H and O–H groups in total. The number of aliphatic carboxylic acids is 1. The number of amides is 1. The smallest absolute Gasteiger partial charge is 0.311 e. The van der Waals surface area contributed by atoms with Gasteiger partial charge < -0.3 is 10.4 Å². The predicted octanol–water partition coefficient (Wildman–Crippen LogP) is 1.94. The lowest BCUT2D eigenvalue weighted by atomic mass is 9.86. The van der Waals surface area contributed by atoms with Crippen molar-refractivity contribution in [3.63, 3.8) is 0 Å². The highest BCUT2D eigenvalue weighted by molar-refractivity contribution is 6.04. The third-order valence-corrected chi connectivity index (χ3v) is 4.29. The Morgan fingerprint density at radius 2 is 2.00 bits per heavy atom. The Labute approximate surface area is 121 Å². The second-order valence-corrected chi connectivity index (χ2v) is 5.59. The molecule has 6 heteroatoms. The molecule has 3 rings (SSSR count). The topological polar surface area (TPSA) is 95.1 Å². The molecule has 0 radical (unpaired) electrons. The molecular formula is C15H17N3O3. The minimum absolute atomic E-state index is 0.155. The van der Waals surface area contributed by atoms with Gasteiger partial charge in [0.05, 0.1) is 10.9 Å². The summed E-state index contributed by atoms with van der Waals surface area (Å²) >= 11 is 0. The summed E-state index contributed by atoms with van der Waals surface area (Å²) in [4.78, 5) is 23.7. The van der Waals surface area contributed by atoms with E-state index in [1.807, 2.05) is 24.3 Å². The summed E-state index contributed by atoms with van der Waals surface area (Å²) < 4.78 is 0. The lowest BCUT2D eigenvalue weighted by Crippen LogP contribution is -2.41. The minimum Gasteiger partial charge on any atom is -0.481 e. The van der Waals surface area contributed by atoms with Gasteiger partial charge >= 0.3 is 5.97 Å². The number of benzene rings is 1. The van der Waals surface area contributed by atoms with Crippen molar-refractivity contribution in [2.24, 2.45) is 5.41 Å². The monoisotopic (exact) mass is 287 g/mol. The quantitative estimate of drug-likeness (QED) is 0.800. The molecule has 0 saturated heterocycles. The van der Waals surface area contributed by atoms with Crippen LogP contribution in [0.15, 0.2) is 24.3 Å². The molecule has 1 saturated carbocycles. The molecule has 1 aliphatic carbocycles. The standard InChI is InChI=1S/C15H17N3O3/c19-13(12-10-5-1-2-6-11(10)17-18-12)16-9-15(14(20)21)7-3-4-8-15/h1-2,5-6H,3-4,7-9H2,(H,16,19)(H,17,18)(H,20,21). The van der Waals surface area contributed by atoms with E-state index in [2.05, 4.69) is 15.5 Å². The van der Waals surface area contributed by atoms with E-state index in [0.29, 0.717) is 18.5 Å². The van der Waals surface area contributed by atoms with E-state index < -0.39 is 11.4 Å². The molecule has 1 aromatic carbocycles. The van der Waals surface area contributed by atoms with E-state index >= 15 is 0 Å². The summed E-state index contributed by atoms with van der Waals surface area (Å²) in [6.07, 6.45) is 3.02. The average Bonchev–Trinajstić information content (AvgIpc) is 3.12. The number of hydrogen-bond acceptors (Lipinski definition) is 3. The number of hydrogen-bond donors (Lipinski definition) is 3. The van der Waals surface area contributed by atoms with Gasteiger partial charge in [0.25, 0.3) is 5.91 Å². The second kappa shape index (κ2) is 5.20. The third-order valence-electron chi connectivity index (χ3n) is 4.29. The third kappa shape index (κ3) is 2.37. The molecule has 0 unspecified atom stereocenters. The molecule has 6 nitrogen and oxygen atoms in total. The summed E-state index contributed by atoms with van der Waals surface area (Å²) in [7, 11) is 0. The number of aromatic amines is 1. The number of H-pyrrole nitrogens is 1. The van der Waals surface area contributed by atoms with E-state index in [9.17, 15) is 14.7 Å². The molecule has 0 aliphatic heterocycles. The number of fused-ring (bicyclic) bond motifs is 1. The number of para-hydroxylation sites is 1. The van der Waals surface area contributed by atoms with Gasteiger partial charge in [0.1, 0.15) is 0 Å².